The molecule has 1 amide bonds. The Morgan fingerprint density at radius 3 is 2.79 bits per heavy atom. The van der Waals surface area contributed by atoms with Crippen molar-refractivity contribution in [3.63, 3.8) is 0 Å². The Balaban J connectivity index is 2.08. The summed E-state index contributed by atoms with van der Waals surface area (Å²) in [6, 6.07) is 0.621. The van der Waals surface area contributed by atoms with Crippen LogP contribution in [0, 0.1) is 5.92 Å². The minimum absolute atomic E-state index is 0.0553. The van der Waals surface area contributed by atoms with E-state index in [2.05, 4.69) is 10.2 Å². The predicted octanol–water partition coefficient (Wildman–Crippen LogP) is -0.175. The highest BCUT2D eigenvalue weighted by molar-refractivity contribution is 5.78. The molecule has 0 spiro atoms. The van der Waals surface area contributed by atoms with Gasteiger partial charge in [-0.25, -0.2) is 0 Å². The highest BCUT2D eigenvalue weighted by Gasteiger charge is 2.27. The van der Waals surface area contributed by atoms with Gasteiger partial charge in [-0.15, -0.1) is 0 Å². The Labute approximate surface area is 85.3 Å². The van der Waals surface area contributed by atoms with Crippen LogP contribution in [0.3, 0.4) is 0 Å². The number of amides is 1. The second-order valence-corrected chi connectivity index (χ2v) is 4.24. The molecule has 0 bridgehead atoms. The highest BCUT2D eigenvalue weighted by Crippen LogP contribution is 2.24. The third-order valence-corrected chi connectivity index (χ3v) is 2.52. The molecule has 2 N–H and O–H groups in total. The van der Waals surface area contributed by atoms with E-state index in [9.17, 15) is 4.79 Å². The number of hydrogen-bond donors (Lipinski definition) is 2. The Kier molecular flexibility index (Phi) is 4.35. The van der Waals surface area contributed by atoms with Gasteiger partial charge in [0.1, 0.15) is 0 Å². The fourth-order valence-electron chi connectivity index (χ4n) is 1.28. The number of carbonyl (C=O) groups excluding carboxylic acids is 1. The zero-order valence-electron chi connectivity index (χ0n) is 8.99. The molecule has 1 saturated carbocycles. The van der Waals surface area contributed by atoms with Crippen LogP contribution in [0.5, 0.6) is 0 Å². The van der Waals surface area contributed by atoms with Crippen LogP contribution in [0.4, 0.5) is 0 Å². The molecule has 1 rings (SSSR count). The molecule has 0 saturated heterocycles. The molecule has 0 aromatic carbocycles. The number of nitrogens with zero attached hydrogens (tertiary/aromatic N) is 1. The summed E-state index contributed by atoms with van der Waals surface area (Å²) in [6.07, 6.45) is 2.44. The summed E-state index contributed by atoms with van der Waals surface area (Å²) in [4.78, 5) is 13.5. The van der Waals surface area contributed by atoms with E-state index >= 15 is 0 Å². The molecule has 0 aliphatic heterocycles. The Morgan fingerprint density at radius 2 is 2.29 bits per heavy atom. The summed E-state index contributed by atoms with van der Waals surface area (Å²) >= 11 is 0. The van der Waals surface area contributed by atoms with E-state index < -0.39 is 0 Å². The maximum Gasteiger partial charge on any atom is 0.234 e. The van der Waals surface area contributed by atoms with E-state index in [0.717, 1.165) is 0 Å². The molecule has 0 aromatic rings. The minimum atomic E-state index is 0.0553. The van der Waals surface area contributed by atoms with E-state index in [1.165, 1.54) is 12.8 Å². The van der Waals surface area contributed by atoms with Gasteiger partial charge >= 0.3 is 0 Å². The van der Waals surface area contributed by atoms with Crippen LogP contribution >= 0.6 is 0 Å². The molecule has 1 fully saturated rings. The largest absolute Gasteiger partial charge is 0.396 e. The summed E-state index contributed by atoms with van der Waals surface area (Å²) < 4.78 is 0. The van der Waals surface area contributed by atoms with Crippen molar-refractivity contribution in [2.24, 2.45) is 5.92 Å². The van der Waals surface area contributed by atoms with E-state index in [4.69, 9.17) is 5.11 Å². The first-order valence-electron chi connectivity index (χ1n) is 5.21. The molecule has 0 radical (unpaired) electrons. The minimum Gasteiger partial charge on any atom is -0.396 e. The maximum atomic E-state index is 11.4. The number of carbonyl (C=O) groups is 1. The summed E-state index contributed by atoms with van der Waals surface area (Å²) in [6.45, 7) is 3.07. The molecule has 1 aliphatic rings. The Morgan fingerprint density at radius 1 is 1.64 bits per heavy atom. The van der Waals surface area contributed by atoms with Crippen LogP contribution < -0.4 is 5.32 Å². The maximum absolute atomic E-state index is 11.4. The third-order valence-electron chi connectivity index (χ3n) is 2.52. The van der Waals surface area contributed by atoms with Crippen molar-refractivity contribution in [2.45, 2.75) is 25.8 Å². The molecule has 1 atom stereocenters. The number of aliphatic hydroxyl groups is 1. The zero-order chi connectivity index (χ0) is 10.6. The van der Waals surface area contributed by atoms with E-state index in [-0.39, 0.29) is 18.4 Å². The molecular formula is C10H20N2O2. The van der Waals surface area contributed by atoms with Gasteiger partial charge in [-0.2, -0.15) is 0 Å². The molecular weight excluding hydrogens is 180 g/mol. The lowest BCUT2D eigenvalue weighted by molar-refractivity contribution is -0.122. The van der Waals surface area contributed by atoms with Crippen molar-refractivity contribution >= 4 is 5.91 Å². The Hall–Kier alpha value is -0.610. The molecule has 1 unspecified atom stereocenters. The van der Waals surface area contributed by atoms with Gasteiger partial charge in [0.15, 0.2) is 0 Å². The molecule has 0 heterocycles. The monoisotopic (exact) mass is 200 g/mol. The van der Waals surface area contributed by atoms with Gasteiger partial charge in [-0.1, -0.05) is 6.92 Å². The summed E-state index contributed by atoms with van der Waals surface area (Å²) in [7, 11) is 1.98. The van der Waals surface area contributed by atoms with Gasteiger partial charge in [0.05, 0.1) is 6.54 Å². The number of aliphatic hydroxyl groups excluding tert-OH is 1. The smallest absolute Gasteiger partial charge is 0.234 e. The lowest BCUT2D eigenvalue weighted by atomic mass is 10.2. The van der Waals surface area contributed by atoms with Crippen LogP contribution in [0.2, 0.25) is 0 Å². The van der Waals surface area contributed by atoms with E-state index in [1.54, 1.807) is 0 Å². The van der Waals surface area contributed by atoms with Gasteiger partial charge < -0.3 is 10.4 Å². The zero-order valence-corrected chi connectivity index (χ0v) is 8.99. The molecule has 82 valence electrons. The lowest BCUT2D eigenvalue weighted by Crippen LogP contribution is -2.38. The molecule has 1 aliphatic carbocycles. The van der Waals surface area contributed by atoms with Gasteiger partial charge in [0.2, 0.25) is 5.91 Å². The molecule has 4 heteroatoms. The van der Waals surface area contributed by atoms with Crippen LogP contribution in [0.25, 0.3) is 0 Å². The van der Waals surface area contributed by atoms with Crippen LogP contribution in [-0.2, 0) is 4.79 Å². The SMILES string of the molecule is CC(CO)CNC(=O)CN(C)C1CC1. The van der Waals surface area contributed by atoms with Crippen molar-refractivity contribution in [1.82, 2.24) is 10.2 Å². The number of likely N-dealkylation sites (N-methyl/N-ethyl adjacent to an activating group) is 1. The fraction of sp³-hybridized carbons (Fsp3) is 0.900. The quantitative estimate of drug-likeness (QED) is 0.625. The molecule has 0 aromatic heterocycles. The van der Waals surface area contributed by atoms with Crippen molar-refractivity contribution in [3.8, 4) is 0 Å². The highest BCUT2D eigenvalue weighted by atomic mass is 16.3. The summed E-state index contributed by atoms with van der Waals surface area (Å²) in [5.41, 5.74) is 0. The van der Waals surface area contributed by atoms with E-state index in [0.29, 0.717) is 19.1 Å². The predicted molar refractivity (Wildman–Crippen MR) is 54.9 cm³/mol. The van der Waals surface area contributed by atoms with Crippen molar-refractivity contribution in [1.29, 1.82) is 0 Å². The van der Waals surface area contributed by atoms with Gasteiger partial charge in [-0.3, -0.25) is 9.69 Å². The molecule has 4 nitrogen and oxygen atoms in total. The van der Waals surface area contributed by atoms with Gasteiger partial charge in [0.25, 0.3) is 0 Å². The average Bonchev–Trinajstić information content (AvgIpc) is 2.97. The molecule has 14 heavy (non-hydrogen) atoms. The number of rotatable bonds is 6. The normalized spacial score (nSPS) is 18.3. The number of nitrogens with one attached hydrogen (secondary N) is 1. The first kappa shape index (κ1) is 11.5. The first-order valence-corrected chi connectivity index (χ1v) is 5.21. The van der Waals surface area contributed by atoms with Crippen molar-refractivity contribution in [3.05, 3.63) is 0 Å². The average molecular weight is 200 g/mol. The second-order valence-electron chi connectivity index (χ2n) is 4.24. The fourth-order valence-corrected chi connectivity index (χ4v) is 1.28. The number of hydrogen-bond acceptors (Lipinski definition) is 3. The lowest BCUT2D eigenvalue weighted by Gasteiger charge is -2.16. The first-order chi connectivity index (χ1) is 6.63. The van der Waals surface area contributed by atoms with Gasteiger partial charge in [0, 0.05) is 19.2 Å². The Bertz CT molecular complexity index is 193. The van der Waals surface area contributed by atoms with Crippen LogP contribution in [-0.4, -0.2) is 48.7 Å². The van der Waals surface area contributed by atoms with Crippen LogP contribution in [0.15, 0.2) is 0 Å². The third kappa shape index (κ3) is 4.07. The van der Waals surface area contributed by atoms with Gasteiger partial charge in [-0.05, 0) is 25.8 Å². The summed E-state index contributed by atoms with van der Waals surface area (Å²) in [5, 5.41) is 11.6. The van der Waals surface area contributed by atoms with E-state index in [1.807, 2.05) is 14.0 Å². The standard InChI is InChI=1S/C10H20N2O2/c1-8(7-13)5-11-10(14)6-12(2)9-3-4-9/h8-9,13H,3-7H2,1-2H3,(H,11,14). The second kappa shape index (κ2) is 5.32. The van der Waals surface area contributed by atoms with Crippen molar-refractivity contribution < 1.29 is 9.90 Å². The van der Waals surface area contributed by atoms with Crippen molar-refractivity contribution in [2.75, 3.05) is 26.7 Å². The summed E-state index contributed by atoms with van der Waals surface area (Å²) in [5.74, 6) is 0.199. The van der Waals surface area contributed by atoms with Crippen LogP contribution in [0.1, 0.15) is 19.8 Å². The topological polar surface area (TPSA) is 52.6 Å².